The van der Waals surface area contributed by atoms with Crippen molar-refractivity contribution in [3.63, 3.8) is 0 Å². The van der Waals surface area contributed by atoms with Crippen molar-refractivity contribution in [2.45, 2.75) is 25.0 Å². The number of imide groups is 1. The second-order valence-corrected chi connectivity index (χ2v) is 10.1. The Kier molecular flexibility index (Phi) is 9.68. The standard InChI is InChI=1S/C32H35N3O7/c1-34(31-33-27-10-6-7-11-28(27)42-31)16-17-39-26-14-12-24(13-15-26)21-29(40-19-18-38-2)30(36)35-25(22-41-32(35)37)20-23-8-4-3-5-9-23/h3-15,25,29H,16-22H2,1-2H3. The van der Waals surface area contributed by atoms with Crippen LogP contribution in [-0.2, 0) is 31.8 Å². The lowest BCUT2D eigenvalue weighted by Crippen LogP contribution is -2.47. The number of carbonyl (C=O) groups is 2. The Hall–Kier alpha value is -4.41. The molecule has 5 rings (SSSR count). The minimum absolute atomic E-state index is 0.151. The first-order valence-corrected chi connectivity index (χ1v) is 13.9. The van der Waals surface area contributed by atoms with Gasteiger partial charge >= 0.3 is 6.09 Å². The Morgan fingerprint density at radius 1 is 1.00 bits per heavy atom. The predicted molar refractivity (Wildman–Crippen MR) is 157 cm³/mol. The fourth-order valence-electron chi connectivity index (χ4n) is 4.77. The third-order valence-corrected chi connectivity index (χ3v) is 7.04. The van der Waals surface area contributed by atoms with Gasteiger partial charge in [0.1, 0.15) is 30.6 Å². The van der Waals surface area contributed by atoms with E-state index in [1.165, 1.54) is 4.90 Å². The maximum Gasteiger partial charge on any atom is 0.417 e. The number of carbonyl (C=O) groups excluding carboxylic acids is 2. The number of amides is 2. The Morgan fingerprint density at radius 3 is 2.52 bits per heavy atom. The number of ether oxygens (including phenoxy) is 4. The summed E-state index contributed by atoms with van der Waals surface area (Å²) in [5, 5.41) is 0. The van der Waals surface area contributed by atoms with E-state index in [-0.39, 0.29) is 19.6 Å². The van der Waals surface area contributed by atoms with Crippen LogP contribution in [0.1, 0.15) is 11.1 Å². The summed E-state index contributed by atoms with van der Waals surface area (Å²) in [6, 6.07) is 25.0. The first-order valence-electron chi connectivity index (χ1n) is 13.9. The van der Waals surface area contributed by atoms with Crippen LogP contribution in [0.15, 0.2) is 83.3 Å². The molecule has 1 saturated heterocycles. The quantitative estimate of drug-likeness (QED) is 0.202. The molecule has 1 fully saturated rings. The Bertz CT molecular complexity index is 1430. The van der Waals surface area contributed by atoms with Crippen molar-refractivity contribution >= 4 is 29.1 Å². The van der Waals surface area contributed by atoms with Gasteiger partial charge in [-0.2, -0.15) is 4.98 Å². The van der Waals surface area contributed by atoms with Crippen molar-refractivity contribution in [3.8, 4) is 5.75 Å². The second-order valence-electron chi connectivity index (χ2n) is 10.1. The summed E-state index contributed by atoms with van der Waals surface area (Å²) in [5.74, 6) is 0.274. The van der Waals surface area contributed by atoms with E-state index in [0.717, 1.165) is 22.2 Å². The first kappa shape index (κ1) is 29.1. The monoisotopic (exact) mass is 573 g/mol. The van der Waals surface area contributed by atoms with E-state index in [1.807, 2.05) is 90.8 Å². The van der Waals surface area contributed by atoms with Crippen LogP contribution in [0.5, 0.6) is 5.75 Å². The molecule has 10 nitrogen and oxygen atoms in total. The first-order chi connectivity index (χ1) is 20.5. The zero-order valence-corrected chi connectivity index (χ0v) is 23.8. The molecule has 42 heavy (non-hydrogen) atoms. The molecule has 2 heterocycles. The number of likely N-dealkylation sites (N-methyl/N-ethyl adjacent to an activating group) is 1. The van der Waals surface area contributed by atoms with Crippen molar-refractivity contribution in [3.05, 3.63) is 90.0 Å². The van der Waals surface area contributed by atoms with Crippen molar-refractivity contribution in [1.29, 1.82) is 0 Å². The molecular weight excluding hydrogens is 538 g/mol. The Labute approximate surface area is 244 Å². The van der Waals surface area contributed by atoms with Crippen molar-refractivity contribution in [1.82, 2.24) is 9.88 Å². The van der Waals surface area contributed by atoms with Crippen LogP contribution in [0.2, 0.25) is 0 Å². The third-order valence-electron chi connectivity index (χ3n) is 7.04. The van der Waals surface area contributed by atoms with Crippen LogP contribution in [0, 0.1) is 0 Å². The molecular formula is C32H35N3O7. The molecule has 2 atom stereocenters. The summed E-state index contributed by atoms with van der Waals surface area (Å²) in [7, 11) is 3.47. The minimum Gasteiger partial charge on any atom is -0.492 e. The minimum atomic E-state index is -0.874. The third kappa shape index (κ3) is 7.26. The highest BCUT2D eigenvalue weighted by molar-refractivity contribution is 5.96. The predicted octanol–water partition coefficient (Wildman–Crippen LogP) is 4.51. The highest BCUT2D eigenvalue weighted by atomic mass is 16.6. The topological polar surface area (TPSA) is 104 Å². The zero-order chi connectivity index (χ0) is 29.3. The van der Waals surface area contributed by atoms with E-state index < -0.39 is 24.1 Å². The van der Waals surface area contributed by atoms with E-state index in [1.54, 1.807) is 7.11 Å². The van der Waals surface area contributed by atoms with Crippen molar-refractivity contribution < 1.29 is 33.0 Å². The summed E-state index contributed by atoms with van der Waals surface area (Å²) in [5.41, 5.74) is 3.44. The van der Waals surface area contributed by atoms with Gasteiger partial charge in [0, 0.05) is 20.6 Å². The molecule has 1 aliphatic heterocycles. The lowest BCUT2D eigenvalue weighted by molar-refractivity contribution is -0.142. The fourth-order valence-corrected chi connectivity index (χ4v) is 4.77. The molecule has 10 heteroatoms. The Morgan fingerprint density at radius 2 is 1.76 bits per heavy atom. The molecule has 1 aromatic heterocycles. The summed E-state index contributed by atoms with van der Waals surface area (Å²) in [6.45, 7) is 1.70. The lowest BCUT2D eigenvalue weighted by atomic mass is 10.0. The van der Waals surface area contributed by atoms with E-state index in [9.17, 15) is 9.59 Å². The van der Waals surface area contributed by atoms with Gasteiger partial charge in [0.2, 0.25) is 0 Å². The number of para-hydroxylation sites is 2. The number of hydrogen-bond acceptors (Lipinski definition) is 9. The van der Waals surface area contributed by atoms with Gasteiger partial charge in [0.05, 0.1) is 25.8 Å². The molecule has 1 aliphatic rings. The van der Waals surface area contributed by atoms with Crippen LogP contribution < -0.4 is 9.64 Å². The summed E-state index contributed by atoms with van der Waals surface area (Å²) in [6.07, 6.45) is -0.726. The Balaban J connectivity index is 1.18. The number of hydrogen-bond donors (Lipinski definition) is 0. The number of aromatic nitrogens is 1. The smallest absolute Gasteiger partial charge is 0.417 e. The summed E-state index contributed by atoms with van der Waals surface area (Å²) >= 11 is 0. The summed E-state index contributed by atoms with van der Waals surface area (Å²) < 4.78 is 28.0. The molecule has 4 aromatic rings. The number of benzene rings is 3. The van der Waals surface area contributed by atoms with E-state index in [0.29, 0.717) is 37.9 Å². The van der Waals surface area contributed by atoms with Crippen LogP contribution >= 0.6 is 0 Å². The average Bonchev–Trinajstić information content (AvgIpc) is 3.61. The van der Waals surface area contributed by atoms with Crippen LogP contribution in [0.25, 0.3) is 11.1 Å². The number of rotatable bonds is 14. The zero-order valence-electron chi connectivity index (χ0n) is 23.8. The average molecular weight is 574 g/mol. The van der Waals surface area contributed by atoms with E-state index in [4.69, 9.17) is 23.4 Å². The molecule has 0 spiro atoms. The lowest BCUT2D eigenvalue weighted by Gasteiger charge is -2.25. The largest absolute Gasteiger partial charge is 0.492 e. The van der Waals surface area contributed by atoms with Gasteiger partial charge in [0.15, 0.2) is 5.58 Å². The SMILES string of the molecule is COCCOC(Cc1ccc(OCCN(C)c2nc3ccccc3o2)cc1)C(=O)N1C(=O)OCC1Cc1ccccc1. The molecule has 2 unspecified atom stereocenters. The van der Waals surface area contributed by atoms with Crippen LogP contribution in [0.4, 0.5) is 10.8 Å². The number of nitrogens with zero attached hydrogens (tertiary/aromatic N) is 3. The fraction of sp³-hybridized carbons (Fsp3) is 0.344. The molecule has 0 aliphatic carbocycles. The highest BCUT2D eigenvalue weighted by Gasteiger charge is 2.41. The van der Waals surface area contributed by atoms with Gasteiger partial charge in [-0.3, -0.25) is 4.79 Å². The highest BCUT2D eigenvalue weighted by Crippen LogP contribution is 2.23. The number of anilines is 1. The molecule has 0 bridgehead atoms. The molecule has 3 aromatic carbocycles. The van der Waals surface area contributed by atoms with E-state index >= 15 is 0 Å². The molecule has 220 valence electrons. The van der Waals surface area contributed by atoms with Gasteiger partial charge in [-0.15, -0.1) is 0 Å². The van der Waals surface area contributed by atoms with Gasteiger partial charge in [-0.1, -0.05) is 54.6 Å². The maximum atomic E-state index is 13.6. The van der Waals surface area contributed by atoms with Gasteiger partial charge < -0.3 is 28.3 Å². The normalized spacial score (nSPS) is 15.5. The number of methoxy groups -OCH3 is 1. The van der Waals surface area contributed by atoms with Crippen molar-refractivity contribution in [2.24, 2.45) is 0 Å². The summed E-state index contributed by atoms with van der Waals surface area (Å²) in [4.78, 5) is 33.8. The van der Waals surface area contributed by atoms with Crippen LogP contribution in [0.3, 0.4) is 0 Å². The number of cyclic esters (lactones) is 1. The van der Waals surface area contributed by atoms with Gasteiger partial charge in [0.25, 0.3) is 11.9 Å². The molecule has 0 saturated carbocycles. The van der Waals surface area contributed by atoms with Gasteiger partial charge in [-0.25, -0.2) is 9.69 Å². The van der Waals surface area contributed by atoms with E-state index in [2.05, 4.69) is 4.98 Å². The number of fused-ring (bicyclic) bond motifs is 1. The van der Waals surface area contributed by atoms with Gasteiger partial charge in [-0.05, 0) is 41.8 Å². The molecule has 0 radical (unpaired) electrons. The molecule has 2 amide bonds. The maximum absolute atomic E-state index is 13.6. The molecule has 0 N–H and O–H groups in total. The van der Waals surface area contributed by atoms with Crippen LogP contribution in [-0.4, -0.2) is 81.2 Å². The second kappa shape index (κ2) is 14.0. The van der Waals surface area contributed by atoms with Crippen molar-refractivity contribution in [2.75, 3.05) is 52.0 Å². The number of oxazole rings is 1.